The van der Waals surface area contributed by atoms with Crippen molar-refractivity contribution in [2.75, 3.05) is 11.9 Å². The Morgan fingerprint density at radius 2 is 2.10 bits per heavy atom. The van der Waals surface area contributed by atoms with Crippen LogP contribution in [0.3, 0.4) is 0 Å². The molecule has 0 aliphatic carbocycles. The van der Waals surface area contributed by atoms with Gasteiger partial charge in [0.1, 0.15) is 6.04 Å². The monoisotopic (exact) mass is 275 g/mol. The van der Waals surface area contributed by atoms with Crippen LogP contribution in [0.2, 0.25) is 0 Å². The van der Waals surface area contributed by atoms with Gasteiger partial charge in [0.15, 0.2) is 0 Å². The minimum Gasteiger partial charge on any atom is -0.385 e. The maximum absolute atomic E-state index is 12.2. The molecule has 0 saturated heterocycles. The summed E-state index contributed by atoms with van der Waals surface area (Å²) in [5.41, 5.74) is 8.11. The molecular weight excluding hydrogens is 254 g/mol. The maximum Gasteiger partial charge on any atom is 0.251 e. The van der Waals surface area contributed by atoms with Gasteiger partial charge in [0, 0.05) is 17.8 Å². The first kappa shape index (κ1) is 14.4. The number of aryl methyl sites for hydroxylation is 1. The third-order valence-electron chi connectivity index (χ3n) is 3.57. The van der Waals surface area contributed by atoms with E-state index in [9.17, 15) is 9.59 Å². The molecule has 1 aromatic rings. The Kier molecular flexibility index (Phi) is 4.27. The number of hydrogen-bond acceptors (Lipinski definition) is 3. The minimum absolute atomic E-state index is 0.0317. The van der Waals surface area contributed by atoms with Crippen LogP contribution in [0.1, 0.15) is 36.2 Å². The first-order valence-corrected chi connectivity index (χ1v) is 6.96. The molecule has 20 heavy (non-hydrogen) atoms. The summed E-state index contributed by atoms with van der Waals surface area (Å²) in [5.74, 6) is -0.792. The lowest BCUT2D eigenvalue weighted by Gasteiger charge is -2.21. The number of rotatable bonds is 4. The summed E-state index contributed by atoms with van der Waals surface area (Å²) in [4.78, 5) is 23.5. The quantitative estimate of drug-likeness (QED) is 0.774. The molecule has 0 aromatic heterocycles. The third-order valence-corrected chi connectivity index (χ3v) is 3.57. The second-order valence-electron chi connectivity index (χ2n) is 5.50. The Morgan fingerprint density at radius 1 is 1.35 bits per heavy atom. The number of nitrogens with one attached hydrogen (secondary N) is 2. The van der Waals surface area contributed by atoms with E-state index in [1.54, 1.807) is 6.07 Å². The average Bonchev–Trinajstić information content (AvgIpc) is 2.43. The second kappa shape index (κ2) is 5.94. The predicted octanol–water partition coefficient (Wildman–Crippen LogP) is 1.28. The van der Waals surface area contributed by atoms with Crippen molar-refractivity contribution in [2.45, 2.75) is 32.7 Å². The molecule has 1 atom stereocenters. The molecule has 1 aliphatic heterocycles. The second-order valence-corrected chi connectivity index (χ2v) is 5.50. The van der Waals surface area contributed by atoms with E-state index in [2.05, 4.69) is 10.6 Å². The average molecular weight is 275 g/mol. The van der Waals surface area contributed by atoms with Crippen LogP contribution >= 0.6 is 0 Å². The molecule has 1 unspecified atom stereocenters. The van der Waals surface area contributed by atoms with Gasteiger partial charge in [-0.2, -0.15) is 0 Å². The Hall–Kier alpha value is -2.04. The molecular formula is C15H21N3O2. The van der Waals surface area contributed by atoms with Crippen LogP contribution in [0.15, 0.2) is 18.2 Å². The Labute approximate surface area is 118 Å². The first-order chi connectivity index (χ1) is 9.49. The summed E-state index contributed by atoms with van der Waals surface area (Å²) in [6.07, 6.45) is 2.03. The maximum atomic E-state index is 12.2. The molecule has 0 fully saturated rings. The van der Waals surface area contributed by atoms with Crippen molar-refractivity contribution in [1.82, 2.24) is 5.32 Å². The molecule has 0 bridgehead atoms. The molecule has 4 N–H and O–H groups in total. The van der Waals surface area contributed by atoms with Crippen LogP contribution in [-0.4, -0.2) is 24.4 Å². The van der Waals surface area contributed by atoms with E-state index < -0.39 is 11.9 Å². The molecule has 0 spiro atoms. The number of amides is 2. The number of carbonyl (C=O) groups is 2. The zero-order valence-electron chi connectivity index (χ0n) is 11.9. The molecule has 0 saturated carbocycles. The van der Waals surface area contributed by atoms with Gasteiger partial charge in [-0.1, -0.05) is 13.8 Å². The van der Waals surface area contributed by atoms with Gasteiger partial charge in [-0.05, 0) is 42.5 Å². The highest BCUT2D eigenvalue weighted by atomic mass is 16.2. The number of fused-ring (bicyclic) bond motifs is 1. The highest BCUT2D eigenvalue weighted by Crippen LogP contribution is 2.23. The zero-order valence-corrected chi connectivity index (χ0v) is 11.9. The largest absolute Gasteiger partial charge is 0.385 e. The molecule has 1 aliphatic rings. The number of benzene rings is 1. The summed E-state index contributed by atoms with van der Waals surface area (Å²) in [5, 5.41) is 6.01. The van der Waals surface area contributed by atoms with Crippen molar-refractivity contribution in [2.24, 2.45) is 11.7 Å². The van der Waals surface area contributed by atoms with Gasteiger partial charge >= 0.3 is 0 Å². The highest BCUT2D eigenvalue weighted by Gasteiger charge is 2.22. The Balaban J connectivity index is 2.15. The van der Waals surface area contributed by atoms with Crippen molar-refractivity contribution < 1.29 is 9.59 Å². The van der Waals surface area contributed by atoms with Gasteiger partial charge in [0.25, 0.3) is 5.91 Å². The number of carbonyl (C=O) groups excluding carboxylic acids is 2. The predicted molar refractivity (Wildman–Crippen MR) is 78.5 cm³/mol. The molecule has 108 valence electrons. The smallest absolute Gasteiger partial charge is 0.251 e. The fourth-order valence-corrected chi connectivity index (χ4v) is 2.41. The summed E-state index contributed by atoms with van der Waals surface area (Å²) in [6.45, 7) is 4.68. The van der Waals surface area contributed by atoms with E-state index in [-0.39, 0.29) is 11.8 Å². The highest BCUT2D eigenvalue weighted by molar-refractivity contribution is 5.97. The van der Waals surface area contributed by atoms with E-state index >= 15 is 0 Å². The lowest BCUT2D eigenvalue weighted by Crippen LogP contribution is -2.47. The van der Waals surface area contributed by atoms with Crippen molar-refractivity contribution in [3.63, 3.8) is 0 Å². The van der Waals surface area contributed by atoms with Gasteiger partial charge in [0.05, 0.1) is 0 Å². The van der Waals surface area contributed by atoms with Gasteiger partial charge in [-0.15, -0.1) is 0 Å². The SMILES string of the molecule is CC(C)C(NC(=O)c1ccc2c(c1)CCCN2)C(N)=O. The summed E-state index contributed by atoms with van der Waals surface area (Å²) in [7, 11) is 0. The van der Waals surface area contributed by atoms with E-state index in [0.717, 1.165) is 30.6 Å². The number of nitrogens with two attached hydrogens (primary N) is 1. The summed E-state index contributed by atoms with van der Waals surface area (Å²) < 4.78 is 0. The molecule has 5 heteroatoms. The van der Waals surface area contributed by atoms with E-state index in [4.69, 9.17) is 5.73 Å². The molecule has 2 rings (SSSR count). The van der Waals surface area contributed by atoms with Crippen LogP contribution < -0.4 is 16.4 Å². The zero-order chi connectivity index (χ0) is 14.7. The van der Waals surface area contributed by atoms with E-state index in [0.29, 0.717) is 5.56 Å². The van der Waals surface area contributed by atoms with Crippen LogP contribution in [-0.2, 0) is 11.2 Å². The van der Waals surface area contributed by atoms with Crippen molar-refractivity contribution in [1.29, 1.82) is 0 Å². The lowest BCUT2D eigenvalue weighted by atomic mass is 9.99. The Morgan fingerprint density at radius 3 is 2.75 bits per heavy atom. The van der Waals surface area contributed by atoms with Crippen molar-refractivity contribution in [3.8, 4) is 0 Å². The number of hydrogen-bond donors (Lipinski definition) is 3. The van der Waals surface area contributed by atoms with Crippen molar-refractivity contribution >= 4 is 17.5 Å². The Bertz CT molecular complexity index is 526. The topological polar surface area (TPSA) is 84.2 Å². The van der Waals surface area contributed by atoms with Crippen LogP contribution in [0.5, 0.6) is 0 Å². The van der Waals surface area contributed by atoms with Crippen molar-refractivity contribution in [3.05, 3.63) is 29.3 Å². The fraction of sp³-hybridized carbons (Fsp3) is 0.467. The summed E-state index contributed by atoms with van der Waals surface area (Å²) in [6, 6.07) is 4.93. The summed E-state index contributed by atoms with van der Waals surface area (Å²) >= 11 is 0. The lowest BCUT2D eigenvalue weighted by molar-refractivity contribution is -0.120. The molecule has 1 aromatic carbocycles. The number of primary amides is 1. The van der Waals surface area contributed by atoms with E-state index in [1.807, 2.05) is 26.0 Å². The van der Waals surface area contributed by atoms with Crippen LogP contribution in [0.4, 0.5) is 5.69 Å². The molecule has 1 heterocycles. The van der Waals surface area contributed by atoms with Crippen LogP contribution in [0.25, 0.3) is 0 Å². The minimum atomic E-state index is -0.642. The van der Waals surface area contributed by atoms with E-state index in [1.165, 1.54) is 0 Å². The molecule has 0 radical (unpaired) electrons. The standard InChI is InChI=1S/C15H21N3O2/c1-9(2)13(14(16)19)18-15(20)11-5-6-12-10(8-11)4-3-7-17-12/h5-6,8-9,13,17H,3-4,7H2,1-2H3,(H2,16,19)(H,18,20). The first-order valence-electron chi connectivity index (χ1n) is 6.96. The van der Waals surface area contributed by atoms with Gasteiger partial charge in [0.2, 0.25) is 5.91 Å². The third kappa shape index (κ3) is 3.10. The van der Waals surface area contributed by atoms with Gasteiger partial charge in [-0.25, -0.2) is 0 Å². The van der Waals surface area contributed by atoms with Gasteiger partial charge in [-0.3, -0.25) is 9.59 Å². The van der Waals surface area contributed by atoms with Gasteiger partial charge < -0.3 is 16.4 Å². The molecule has 2 amide bonds. The normalized spacial score (nSPS) is 15.2. The number of anilines is 1. The fourth-order valence-electron chi connectivity index (χ4n) is 2.41. The molecule has 5 nitrogen and oxygen atoms in total. The van der Waals surface area contributed by atoms with Crippen LogP contribution in [0, 0.1) is 5.92 Å².